The molecule has 2 rings (SSSR count). The molecule has 0 amide bonds. The summed E-state index contributed by atoms with van der Waals surface area (Å²) in [6, 6.07) is 8.43. The number of alkyl halides is 3. The Labute approximate surface area is 117 Å². The lowest BCUT2D eigenvalue weighted by Gasteiger charge is -2.06. The summed E-state index contributed by atoms with van der Waals surface area (Å²) in [4.78, 5) is 10.6. The second-order valence-corrected chi connectivity index (χ2v) is 4.30. The van der Waals surface area contributed by atoms with Crippen LogP contribution in [0.2, 0.25) is 0 Å². The van der Waals surface area contributed by atoms with Gasteiger partial charge in [-0.2, -0.15) is 23.5 Å². The largest absolute Gasteiger partial charge is 0.437 e. The zero-order chi connectivity index (χ0) is 15.6. The lowest BCUT2D eigenvalue weighted by Crippen LogP contribution is -2.09. The first-order chi connectivity index (χ1) is 9.88. The molecule has 0 unspecified atom stereocenters. The highest BCUT2D eigenvalue weighted by Crippen LogP contribution is 2.37. The highest BCUT2D eigenvalue weighted by molar-refractivity contribution is 5.48. The van der Waals surface area contributed by atoms with E-state index in [9.17, 15) is 18.1 Å². The van der Waals surface area contributed by atoms with E-state index in [1.807, 2.05) is 6.07 Å². The fourth-order valence-corrected chi connectivity index (χ4v) is 1.92. The Kier molecular flexibility index (Phi) is 3.76. The molecule has 0 fully saturated rings. The second-order valence-electron chi connectivity index (χ2n) is 4.30. The minimum absolute atomic E-state index is 0.00469. The van der Waals surface area contributed by atoms with Gasteiger partial charge in [-0.3, -0.25) is 4.68 Å². The average molecular weight is 294 g/mol. The summed E-state index contributed by atoms with van der Waals surface area (Å²) in [5.41, 5.74) is -1.19. The van der Waals surface area contributed by atoms with Crippen molar-refractivity contribution in [3.05, 3.63) is 51.7 Å². The van der Waals surface area contributed by atoms with Crippen molar-refractivity contribution < 1.29 is 13.2 Å². The number of nitroso groups, excluding NO2 is 1. The molecule has 0 N–H and O–H groups in total. The van der Waals surface area contributed by atoms with Gasteiger partial charge in [-0.15, -0.1) is 4.91 Å². The second kappa shape index (κ2) is 5.36. The van der Waals surface area contributed by atoms with E-state index in [2.05, 4.69) is 10.3 Å². The summed E-state index contributed by atoms with van der Waals surface area (Å²) in [7, 11) is 0. The molecule has 0 saturated heterocycles. The molecule has 1 aromatic carbocycles. The molecule has 0 aliphatic carbocycles. The van der Waals surface area contributed by atoms with Crippen LogP contribution in [0.25, 0.3) is 0 Å². The molecule has 0 radical (unpaired) electrons. The number of benzene rings is 1. The normalized spacial score (nSPS) is 11.2. The number of halogens is 3. The highest BCUT2D eigenvalue weighted by atomic mass is 19.4. The minimum Gasteiger partial charge on any atom is -0.262 e. The number of hydrogen-bond acceptors (Lipinski definition) is 4. The molecule has 0 aliphatic heterocycles. The lowest BCUT2D eigenvalue weighted by atomic mass is 10.1. The van der Waals surface area contributed by atoms with Crippen molar-refractivity contribution in [2.24, 2.45) is 5.18 Å². The molecule has 0 bridgehead atoms. The summed E-state index contributed by atoms with van der Waals surface area (Å²) < 4.78 is 39.4. The summed E-state index contributed by atoms with van der Waals surface area (Å²) in [6.45, 7) is 1.28. The van der Waals surface area contributed by atoms with Crippen molar-refractivity contribution in [3.8, 4) is 6.07 Å². The topological polar surface area (TPSA) is 71.0 Å². The molecule has 5 nitrogen and oxygen atoms in total. The van der Waals surface area contributed by atoms with Gasteiger partial charge in [0.15, 0.2) is 11.4 Å². The van der Waals surface area contributed by atoms with Crippen molar-refractivity contribution >= 4 is 5.69 Å². The number of rotatable bonds is 3. The van der Waals surface area contributed by atoms with Gasteiger partial charge in [0.05, 0.1) is 23.9 Å². The molecule has 108 valence electrons. The number of nitriles is 1. The van der Waals surface area contributed by atoms with Crippen molar-refractivity contribution in [2.45, 2.75) is 19.6 Å². The molecular weight excluding hydrogens is 285 g/mol. The van der Waals surface area contributed by atoms with Gasteiger partial charge in [-0.1, -0.05) is 18.2 Å². The van der Waals surface area contributed by atoms with Crippen LogP contribution >= 0.6 is 0 Å². The van der Waals surface area contributed by atoms with Crippen LogP contribution in [0.15, 0.2) is 29.4 Å². The van der Waals surface area contributed by atoms with Gasteiger partial charge >= 0.3 is 6.18 Å². The van der Waals surface area contributed by atoms with Gasteiger partial charge < -0.3 is 0 Å². The van der Waals surface area contributed by atoms with Gasteiger partial charge in [0.1, 0.15) is 0 Å². The van der Waals surface area contributed by atoms with Crippen LogP contribution in [0.1, 0.15) is 22.5 Å². The first kappa shape index (κ1) is 14.7. The van der Waals surface area contributed by atoms with Gasteiger partial charge in [0.2, 0.25) is 0 Å². The van der Waals surface area contributed by atoms with Crippen molar-refractivity contribution in [3.63, 3.8) is 0 Å². The molecule has 0 spiro atoms. The van der Waals surface area contributed by atoms with Crippen molar-refractivity contribution in [1.29, 1.82) is 5.26 Å². The van der Waals surface area contributed by atoms with E-state index >= 15 is 0 Å². The van der Waals surface area contributed by atoms with Gasteiger partial charge in [-0.25, -0.2) is 0 Å². The van der Waals surface area contributed by atoms with Gasteiger partial charge in [0, 0.05) is 0 Å². The Hall–Kier alpha value is -2.69. The molecule has 0 aliphatic rings. The molecule has 21 heavy (non-hydrogen) atoms. The Morgan fingerprint density at radius 3 is 2.57 bits per heavy atom. The third-order valence-electron chi connectivity index (χ3n) is 2.99. The third kappa shape index (κ3) is 2.76. The van der Waals surface area contributed by atoms with Crippen LogP contribution in [-0.4, -0.2) is 9.78 Å². The van der Waals surface area contributed by atoms with Gasteiger partial charge in [0.25, 0.3) is 0 Å². The van der Waals surface area contributed by atoms with E-state index in [4.69, 9.17) is 5.26 Å². The number of aromatic nitrogens is 2. The minimum atomic E-state index is -4.76. The summed E-state index contributed by atoms with van der Waals surface area (Å²) >= 11 is 0. The highest BCUT2D eigenvalue weighted by Gasteiger charge is 2.39. The average Bonchev–Trinajstić information content (AvgIpc) is 2.76. The van der Waals surface area contributed by atoms with Crippen LogP contribution in [0, 0.1) is 23.2 Å². The molecule has 8 heteroatoms. The zero-order valence-electron chi connectivity index (χ0n) is 10.8. The predicted molar refractivity (Wildman–Crippen MR) is 67.7 cm³/mol. The van der Waals surface area contributed by atoms with E-state index in [1.165, 1.54) is 6.92 Å². The lowest BCUT2D eigenvalue weighted by molar-refractivity contribution is -0.140. The Morgan fingerprint density at radius 1 is 1.38 bits per heavy atom. The fraction of sp³-hybridized carbons (Fsp3) is 0.231. The predicted octanol–water partition coefficient (Wildman–Crippen LogP) is 3.53. The SMILES string of the molecule is Cc1c(N=O)c(C(F)(F)F)nn1Cc1ccccc1C#N. The Bertz CT molecular complexity index is 728. The maximum atomic E-state index is 12.8. The van der Waals surface area contributed by atoms with E-state index < -0.39 is 17.6 Å². The number of nitrogens with zero attached hydrogens (tertiary/aromatic N) is 4. The summed E-state index contributed by atoms with van der Waals surface area (Å²) in [5.74, 6) is 0. The van der Waals surface area contributed by atoms with Crippen LogP contribution in [0.3, 0.4) is 0 Å². The standard InChI is InChI=1S/C13H9F3N4O/c1-8-11(19-21)12(13(14,15)16)18-20(8)7-10-5-3-2-4-9(10)6-17/h2-5H,7H2,1H3. The Morgan fingerprint density at radius 2 is 2.05 bits per heavy atom. The molecule has 2 aromatic rings. The summed E-state index contributed by atoms with van der Waals surface area (Å²) in [5, 5.41) is 14.8. The van der Waals surface area contributed by atoms with E-state index in [1.54, 1.807) is 24.3 Å². The smallest absolute Gasteiger partial charge is 0.262 e. The first-order valence-corrected chi connectivity index (χ1v) is 5.84. The van der Waals surface area contributed by atoms with Crippen molar-refractivity contribution in [2.75, 3.05) is 0 Å². The van der Waals surface area contributed by atoms with Crippen LogP contribution in [-0.2, 0) is 12.7 Å². The maximum absolute atomic E-state index is 12.8. The van der Waals surface area contributed by atoms with E-state index in [0.717, 1.165) is 4.68 Å². The Balaban J connectivity index is 2.49. The van der Waals surface area contributed by atoms with Crippen LogP contribution < -0.4 is 0 Å². The monoisotopic (exact) mass is 294 g/mol. The summed E-state index contributed by atoms with van der Waals surface area (Å²) in [6.07, 6.45) is -4.76. The maximum Gasteiger partial charge on any atom is 0.437 e. The molecule has 0 atom stereocenters. The fourth-order valence-electron chi connectivity index (χ4n) is 1.92. The molecule has 0 saturated carbocycles. The van der Waals surface area contributed by atoms with Gasteiger partial charge in [-0.05, 0) is 23.7 Å². The zero-order valence-corrected chi connectivity index (χ0v) is 10.8. The number of hydrogen-bond donors (Lipinski definition) is 0. The quantitative estimate of drug-likeness (QED) is 0.813. The van der Waals surface area contributed by atoms with E-state index in [-0.39, 0.29) is 12.2 Å². The molecule has 1 aromatic heterocycles. The van der Waals surface area contributed by atoms with E-state index in [0.29, 0.717) is 11.1 Å². The van der Waals surface area contributed by atoms with Crippen LogP contribution in [0.4, 0.5) is 18.9 Å². The van der Waals surface area contributed by atoms with Crippen LogP contribution in [0.5, 0.6) is 0 Å². The first-order valence-electron chi connectivity index (χ1n) is 5.84. The molecule has 1 heterocycles. The van der Waals surface area contributed by atoms with Crippen molar-refractivity contribution in [1.82, 2.24) is 9.78 Å². The molecular formula is C13H9F3N4O. The third-order valence-corrected chi connectivity index (χ3v) is 2.99.